The molecular weight excluding hydrogens is 228 g/mol. The van der Waals surface area contributed by atoms with Crippen molar-refractivity contribution in [1.82, 2.24) is 10.2 Å². The van der Waals surface area contributed by atoms with E-state index < -0.39 is 5.97 Å². The lowest BCUT2D eigenvalue weighted by Gasteiger charge is -2.43. The molecule has 0 atom stereocenters. The maximum absolute atomic E-state index is 10.9. The van der Waals surface area contributed by atoms with E-state index in [1.165, 1.54) is 32.2 Å². The highest BCUT2D eigenvalue weighted by atomic mass is 16.4. The molecule has 0 bridgehead atoms. The van der Waals surface area contributed by atoms with Gasteiger partial charge in [-0.05, 0) is 56.9 Å². The predicted octanol–water partition coefficient (Wildman–Crippen LogP) is 1.31. The van der Waals surface area contributed by atoms with Crippen molar-refractivity contribution in [2.45, 2.75) is 50.6 Å². The largest absolute Gasteiger partial charge is 0.480 e. The van der Waals surface area contributed by atoms with Crippen molar-refractivity contribution in [2.24, 2.45) is 11.8 Å². The van der Waals surface area contributed by atoms with Crippen molar-refractivity contribution in [3.8, 4) is 0 Å². The molecule has 3 saturated carbocycles. The number of hydrogen-bond donors (Lipinski definition) is 2. The molecule has 3 aliphatic rings. The number of aliphatic carboxylic acids is 1. The Balaban J connectivity index is 1.39. The van der Waals surface area contributed by atoms with E-state index in [9.17, 15) is 4.79 Å². The summed E-state index contributed by atoms with van der Waals surface area (Å²) in [5.41, 5.74) is 0. The molecular formula is C14H24N2O2. The first-order chi connectivity index (χ1) is 8.70. The van der Waals surface area contributed by atoms with E-state index in [0.29, 0.717) is 12.1 Å². The van der Waals surface area contributed by atoms with Crippen molar-refractivity contribution in [2.75, 3.05) is 19.6 Å². The molecule has 4 heteroatoms. The van der Waals surface area contributed by atoms with Crippen LogP contribution in [0.4, 0.5) is 0 Å². The molecule has 0 radical (unpaired) electrons. The lowest BCUT2D eigenvalue weighted by atomic mass is 9.85. The van der Waals surface area contributed by atoms with Gasteiger partial charge in [0.25, 0.3) is 0 Å². The van der Waals surface area contributed by atoms with Gasteiger partial charge in [-0.15, -0.1) is 0 Å². The second-order valence-electron chi connectivity index (χ2n) is 6.44. The molecule has 2 N–H and O–H groups in total. The van der Waals surface area contributed by atoms with Crippen molar-refractivity contribution < 1.29 is 9.90 Å². The fourth-order valence-electron chi connectivity index (χ4n) is 2.86. The van der Waals surface area contributed by atoms with Crippen LogP contribution in [-0.4, -0.2) is 47.7 Å². The zero-order valence-electron chi connectivity index (χ0n) is 11.0. The van der Waals surface area contributed by atoms with Crippen molar-refractivity contribution in [1.29, 1.82) is 0 Å². The lowest BCUT2D eigenvalue weighted by molar-refractivity contribution is -0.139. The third-order valence-electron chi connectivity index (χ3n) is 4.55. The van der Waals surface area contributed by atoms with Gasteiger partial charge in [0.2, 0.25) is 0 Å². The summed E-state index contributed by atoms with van der Waals surface area (Å²) >= 11 is 0. The van der Waals surface area contributed by atoms with Crippen LogP contribution in [0.25, 0.3) is 0 Å². The fourth-order valence-corrected chi connectivity index (χ4v) is 2.86. The first-order valence-electron chi connectivity index (χ1n) is 7.40. The van der Waals surface area contributed by atoms with Gasteiger partial charge in [0.15, 0.2) is 0 Å². The van der Waals surface area contributed by atoms with Crippen LogP contribution in [0.1, 0.15) is 38.5 Å². The minimum absolute atomic E-state index is 0.233. The Morgan fingerprint density at radius 1 is 1.17 bits per heavy atom. The topological polar surface area (TPSA) is 52.6 Å². The molecule has 3 rings (SSSR count). The smallest absolute Gasteiger partial charge is 0.317 e. The first-order valence-corrected chi connectivity index (χ1v) is 7.40. The van der Waals surface area contributed by atoms with Crippen LogP contribution in [0.5, 0.6) is 0 Å². The van der Waals surface area contributed by atoms with Gasteiger partial charge in [-0.25, -0.2) is 0 Å². The Morgan fingerprint density at radius 3 is 2.39 bits per heavy atom. The van der Waals surface area contributed by atoms with Crippen molar-refractivity contribution in [3.05, 3.63) is 0 Å². The minimum Gasteiger partial charge on any atom is -0.480 e. The van der Waals surface area contributed by atoms with E-state index >= 15 is 0 Å². The number of nitrogens with zero attached hydrogens (tertiary/aromatic N) is 1. The number of carbonyl (C=O) groups is 1. The van der Waals surface area contributed by atoms with Crippen LogP contribution in [0.3, 0.4) is 0 Å². The maximum Gasteiger partial charge on any atom is 0.317 e. The third kappa shape index (κ3) is 3.45. The minimum atomic E-state index is -0.676. The van der Waals surface area contributed by atoms with E-state index in [1.807, 2.05) is 0 Å². The van der Waals surface area contributed by atoms with Crippen molar-refractivity contribution >= 4 is 5.97 Å². The first kappa shape index (κ1) is 12.4. The van der Waals surface area contributed by atoms with Crippen molar-refractivity contribution in [3.63, 3.8) is 0 Å². The molecule has 0 aliphatic heterocycles. The van der Waals surface area contributed by atoms with E-state index in [1.54, 1.807) is 0 Å². The molecule has 0 aromatic rings. The summed E-state index contributed by atoms with van der Waals surface area (Å²) in [6.07, 6.45) is 7.68. The van der Waals surface area contributed by atoms with Gasteiger partial charge in [0.05, 0.1) is 6.54 Å². The van der Waals surface area contributed by atoms with Crippen LogP contribution in [0, 0.1) is 11.8 Å². The second kappa shape index (κ2) is 5.17. The zero-order valence-corrected chi connectivity index (χ0v) is 11.0. The zero-order chi connectivity index (χ0) is 12.5. The van der Waals surface area contributed by atoms with Crippen LogP contribution in [-0.2, 0) is 4.79 Å². The van der Waals surface area contributed by atoms with E-state index in [2.05, 4.69) is 10.2 Å². The summed E-state index contributed by atoms with van der Waals surface area (Å²) in [4.78, 5) is 13.1. The van der Waals surface area contributed by atoms with E-state index in [4.69, 9.17) is 5.11 Å². The van der Waals surface area contributed by atoms with Gasteiger partial charge < -0.3 is 10.4 Å². The van der Waals surface area contributed by atoms with E-state index in [-0.39, 0.29) is 6.54 Å². The van der Waals surface area contributed by atoms with Gasteiger partial charge in [0, 0.05) is 18.6 Å². The SMILES string of the molecule is O=C(O)CN(CC1CC1)C1CC(NCC2CC2)C1. The van der Waals surface area contributed by atoms with Gasteiger partial charge in [0.1, 0.15) is 0 Å². The molecule has 0 saturated heterocycles. The lowest BCUT2D eigenvalue weighted by Crippen LogP contribution is -2.54. The Morgan fingerprint density at radius 2 is 1.83 bits per heavy atom. The van der Waals surface area contributed by atoms with E-state index in [0.717, 1.165) is 31.2 Å². The van der Waals surface area contributed by atoms with Gasteiger partial charge >= 0.3 is 5.97 Å². The summed E-state index contributed by atoms with van der Waals surface area (Å²) in [5, 5.41) is 12.6. The summed E-state index contributed by atoms with van der Waals surface area (Å²) < 4.78 is 0. The number of hydrogen-bond acceptors (Lipinski definition) is 3. The molecule has 0 spiro atoms. The highest BCUT2D eigenvalue weighted by Gasteiger charge is 2.37. The summed E-state index contributed by atoms with van der Waals surface area (Å²) in [6, 6.07) is 1.16. The molecule has 102 valence electrons. The average Bonchev–Trinajstić information content (AvgIpc) is 3.08. The van der Waals surface area contributed by atoms with Gasteiger partial charge in [-0.1, -0.05) is 0 Å². The highest BCUT2D eigenvalue weighted by molar-refractivity contribution is 5.69. The predicted molar refractivity (Wildman–Crippen MR) is 69.5 cm³/mol. The number of carboxylic acids is 1. The normalized spacial score (nSPS) is 31.4. The summed E-state index contributed by atoms with van der Waals surface area (Å²) in [7, 11) is 0. The standard InChI is InChI=1S/C14H24N2O2/c17-14(18)9-16(8-11-3-4-11)13-5-12(6-13)15-7-10-1-2-10/h10-13,15H,1-9H2,(H,17,18). The molecule has 3 aliphatic carbocycles. The Hall–Kier alpha value is -0.610. The quantitative estimate of drug-likeness (QED) is 0.684. The maximum atomic E-state index is 10.9. The molecule has 0 unspecified atom stereocenters. The number of nitrogens with one attached hydrogen (secondary N) is 1. The second-order valence-corrected chi connectivity index (χ2v) is 6.44. The van der Waals surface area contributed by atoms with Crippen LogP contribution < -0.4 is 5.32 Å². The monoisotopic (exact) mass is 252 g/mol. The van der Waals surface area contributed by atoms with Crippen LogP contribution in [0.15, 0.2) is 0 Å². The molecule has 0 heterocycles. The third-order valence-corrected chi connectivity index (χ3v) is 4.55. The average molecular weight is 252 g/mol. The molecule has 0 aromatic heterocycles. The molecule has 3 fully saturated rings. The number of rotatable bonds is 8. The number of carboxylic acid groups (broad SMARTS) is 1. The van der Waals surface area contributed by atoms with Crippen LogP contribution >= 0.6 is 0 Å². The molecule has 4 nitrogen and oxygen atoms in total. The molecule has 0 aromatic carbocycles. The van der Waals surface area contributed by atoms with Crippen LogP contribution in [0.2, 0.25) is 0 Å². The Bertz CT molecular complexity index is 307. The highest BCUT2D eigenvalue weighted by Crippen LogP contribution is 2.34. The summed E-state index contributed by atoms with van der Waals surface area (Å²) in [5.74, 6) is 1.04. The molecule has 18 heavy (non-hydrogen) atoms. The van der Waals surface area contributed by atoms with Gasteiger partial charge in [-0.3, -0.25) is 9.69 Å². The Kier molecular flexibility index (Phi) is 3.57. The Labute approximate surface area is 109 Å². The van der Waals surface area contributed by atoms with Gasteiger partial charge in [-0.2, -0.15) is 0 Å². The fraction of sp³-hybridized carbons (Fsp3) is 0.929. The summed E-state index contributed by atoms with van der Waals surface area (Å²) in [6.45, 7) is 2.42. The molecule has 0 amide bonds.